The molecule has 0 spiro atoms. The first-order valence-electron chi connectivity index (χ1n) is 5.65. The minimum atomic E-state index is -1.04. The van der Waals surface area contributed by atoms with Crippen LogP contribution in [-0.4, -0.2) is 36.3 Å². The summed E-state index contributed by atoms with van der Waals surface area (Å²) in [4.78, 5) is 36.7. The first kappa shape index (κ1) is 12.3. The van der Waals surface area contributed by atoms with Gasteiger partial charge in [-0.05, 0) is 18.6 Å². The smallest absolute Gasteiger partial charge is 0.323 e. The highest BCUT2D eigenvalue weighted by atomic mass is 16.5. The highest BCUT2D eigenvalue weighted by Gasteiger charge is 2.41. The molecule has 1 atom stereocenters. The van der Waals surface area contributed by atoms with Gasteiger partial charge in [0.2, 0.25) is 5.91 Å². The van der Waals surface area contributed by atoms with Gasteiger partial charge in [-0.2, -0.15) is 0 Å². The molecule has 1 aromatic rings. The zero-order valence-corrected chi connectivity index (χ0v) is 10.2. The monoisotopic (exact) mass is 247 g/mol. The SMILES string of the molecule is CCOC(=O)C1C(=O)N(C)C(=O)c2ccccc21. The van der Waals surface area contributed by atoms with Gasteiger partial charge < -0.3 is 4.74 Å². The molecule has 94 valence electrons. The first-order valence-corrected chi connectivity index (χ1v) is 5.65. The van der Waals surface area contributed by atoms with Crippen molar-refractivity contribution in [3.05, 3.63) is 35.4 Å². The molecule has 1 aliphatic heterocycles. The van der Waals surface area contributed by atoms with Gasteiger partial charge in [0, 0.05) is 12.6 Å². The van der Waals surface area contributed by atoms with Gasteiger partial charge in [0.25, 0.3) is 5.91 Å². The van der Waals surface area contributed by atoms with Crippen LogP contribution in [0.2, 0.25) is 0 Å². The second-order valence-electron chi connectivity index (χ2n) is 3.97. The maximum atomic E-state index is 12.0. The molecule has 0 aromatic heterocycles. The summed E-state index contributed by atoms with van der Waals surface area (Å²) in [6, 6.07) is 6.60. The lowest BCUT2D eigenvalue weighted by molar-refractivity contribution is -0.150. The fraction of sp³-hybridized carbons (Fsp3) is 0.308. The van der Waals surface area contributed by atoms with Crippen LogP contribution < -0.4 is 0 Å². The van der Waals surface area contributed by atoms with E-state index in [9.17, 15) is 14.4 Å². The molecule has 5 heteroatoms. The van der Waals surface area contributed by atoms with E-state index in [1.165, 1.54) is 7.05 Å². The Hall–Kier alpha value is -2.17. The summed E-state index contributed by atoms with van der Waals surface area (Å²) in [5.74, 6) is -2.59. The van der Waals surface area contributed by atoms with E-state index < -0.39 is 23.7 Å². The van der Waals surface area contributed by atoms with Crippen molar-refractivity contribution < 1.29 is 19.1 Å². The van der Waals surface area contributed by atoms with Crippen LogP contribution in [0.4, 0.5) is 0 Å². The molecule has 1 aromatic carbocycles. The fourth-order valence-electron chi connectivity index (χ4n) is 2.00. The largest absolute Gasteiger partial charge is 0.465 e. The van der Waals surface area contributed by atoms with Crippen LogP contribution >= 0.6 is 0 Å². The molecule has 18 heavy (non-hydrogen) atoms. The maximum Gasteiger partial charge on any atom is 0.323 e. The Kier molecular flexibility index (Phi) is 3.14. The highest BCUT2D eigenvalue weighted by molar-refractivity contribution is 6.17. The number of ether oxygens (including phenoxy) is 1. The molecule has 0 saturated heterocycles. The van der Waals surface area contributed by atoms with E-state index in [-0.39, 0.29) is 6.61 Å². The standard InChI is InChI=1S/C13H13NO4/c1-3-18-13(17)10-8-6-4-5-7-9(8)11(15)14(2)12(10)16/h4-7,10H,3H2,1-2H3. The van der Waals surface area contributed by atoms with Crippen LogP contribution in [0.5, 0.6) is 0 Å². The number of hydrogen-bond acceptors (Lipinski definition) is 4. The topological polar surface area (TPSA) is 63.7 Å². The summed E-state index contributed by atoms with van der Waals surface area (Å²) >= 11 is 0. The Morgan fingerprint density at radius 2 is 2.00 bits per heavy atom. The quantitative estimate of drug-likeness (QED) is 0.443. The number of carbonyl (C=O) groups is 3. The van der Waals surface area contributed by atoms with E-state index in [4.69, 9.17) is 4.74 Å². The second-order valence-corrected chi connectivity index (χ2v) is 3.97. The zero-order chi connectivity index (χ0) is 13.3. The van der Waals surface area contributed by atoms with E-state index in [2.05, 4.69) is 0 Å². The molecular weight excluding hydrogens is 234 g/mol. The normalized spacial score (nSPS) is 18.6. The molecule has 1 heterocycles. The number of likely N-dealkylation sites (N-methyl/N-ethyl adjacent to an activating group) is 1. The van der Waals surface area contributed by atoms with Crippen molar-refractivity contribution in [2.45, 2.75) is 12.8 Å². The Morgan fingerprint density at radius 1 is 1.33 bits per heavy atom. The number of carbonyl (C=O) groups excluding carboxylic acids is 3. The van der Waals surface area contributed by atoms with E-state index >= 15 is 0 Å². The number of amides is 2. The number of rotatable bonds is 2. The molecule has 2 rings (SSSR count). The molecular formula is C13H13NO4. The summed E-state index contributed by atoms with van der Waals surface area (Å²) in [6.07, 6.45) is 0. The Balaban J connectivity index is 2.52. The van der Waals surface area contributed by atoms with E-state index in [1.807, 2.05) is 0 Å². The van der Waals surface area contributed by atoms with Crippen LogP contribution in [0.25, 0.3) is 0 Å². The van der Waals surface area contributed by atoms with Crippen molar-refractivity contribution in [2.24, 2.45) is 0 Å². The molecule has 0 radical (unpaired) electrons. The number of imide groups is 1. The van der Waals surface area contributed by atoms with E-state index in [0.717, 1.165) is 4.90 Å². The predicted octanol–water partition coefficient (Wildman–Crippen LogP) is 0.945. The van der Waals surface area contributed by atoms with Crippen molar-refractivity contribution in [3.63, 3.8) is 0 Å². The minimum absolute atomic E-state index is 0.197. The first-order chi connectivity index (χ1) is 8.57. The lowest BCUT2D eigenvalue weighted by atomic mass is 9.89. The molecule has 0 fully saturated rings. The number of hydrogen-bond donors (Lipinski definition) is 0. The minimum Gasteiger partial charge on any atom is -0.465 e. The van der Waals surface area contributed by atoms with Crippen molar-refractivity contribution in [1.29, 1.82) is 0 Å². The van der Waals surface area contributed by atoms with Gasteiger partial charge >= 0.3 is 5.97 Å². The van der Waals surface area contributed by atoms with Gasteiger partial charge in [-0.1, -0.05) is 18.2 Å². The van der Waals surface area contributed by atoms with Crippen LogP contribution in [0.1, 0.15) is 28.8 Å². The van der Waals surface area contributed by atoms with Gasteiger partial charge in [-0.25, -0.2) is 0 Å². The van der Waals surface area contributed by atoms with Crippen LogP contribution in [0, 0.1) is 0 Å². The summed E-state index contributed by atoms with van der Waals surface area (Å²) in [5, 5.41) is 0. The third-order valence-corrected chi connectivity index (χ3v) is 2.91. The average molecular weight is 247 g/mol. The molecule has 0 bridgehead atoms. The molecule has 2 amide bonds. The average Bonchev–Trinajstić information content (AvgIpc) is 2.37. The van der Waals surface area contributed by atoms with Crippen molar-refractivity contribution >= 4 is 17.8 Å². The summed E-state index contributed by atoms with van der Waals surface area (Å²) in [5.41, 5.74) is 0.793. The lowest BCUT2D eigenvalue weighted by Gasteiger charge is -2.28. The summed E-state index contributed by atoms with van der Waals surface area (Å²) in [6.45, 7) is 1.87. The summed E-state index contributed by atoms with van der Waals surface area (Å²) < 4.78 is 4.89. The second kappa shape index (κ2) is 4.60. The fourth-order valence-corrected chi connectivity index (χ4v) is 2.00. The third kappa shape index (κ3) is 1.77. The molecule has 1 aliphatic rings. The Bertz CT molecular complexity index is 523. The van der Waals surface area contributed by atoms with E-state index in [1.54, 1.807) is 31.2 Å². The molecule has 5 nitrogen and oxygen atoms in total. The molecule has 0 saturated carbocycles. The van der Waals surface area contributed by atoms with Gasteiger partial charge in [0.15, 0.2) is 5.92 Å². The van der Waals surface area contributed by atoms with Crippen LogP contribution in [-0.2, 0) is 14.3 Å². The van der Waals surface area contributed by atoms with Crippen LogP contribution in [0.3, 0.4) is 0 Å². The van der Waals surface area contributed by atoms with Gasteiger partial charge in [-0.3, -0.25) is 19.3 Å². The highest BCUT2D eigenvalue weighted by Crippen LogP contribution is 2.29. The Labute approximate surface area is 104 Å². The zero-order valence-electron chi connectivity index (χ0n) is 10.2. The maximum absolute atomic E-state index is 12.0. The number of nitrogens with zero attached hydrogens (tertiary/aromatic N) is 1. The van der Waals surface area contributed by atoms with Crippen molar-refractivity contribution in [2.75, 3.05) is 13.7 Å². The molecule has 1 unspecified atom stereocenters. The van der Waals surface area contributed by atoms with Gasteiger partial charge in [-0.15, -0.1) is 0 Å². The van der Waals surface area contributed by atoms with Crippen molar-refractivity contribution in [3.8, 4) is 0 Å². The number of benzene rings is 1. The van der Waals surface area contributed by atoms with Crippen LogP contribution in [0.15, 0.2) is 24.3 Å². The lowest BCUT2D eigenvalue weighted by Crippen LogP contribution is -2.45. The third-order valence-electron chi connectivity index (χ3n) is 2.91. The van der Waals surface area contributed by atoms with Crippen molar-refractivity contribution in [1.82, 2.24) is 4.90 Å². The summed E-state index contributed by atoms with van der Waals surface area (Å²) in [7, 11) is 1.37. The predicted molar refractivity (Wildman–Crippen MR) is 62.9 cm³/mol. The van der Waals surface area contributed by atoms with E-state index in [0.29, 0.717) is 11.1 Å². The molecule has 0 aliphatic carbocycles. The number of esters is 1. The Morgan fingerprint density at radius 3 is 2.67 bits per heavy atom. The van der Waals surface area contributed by atoms with Gasteiger partial charge in [0.05, 0.1) is 6.61 Å². The molecule has 0 N–H and O–H groups in total. The van der Waals surface area contributed by atoms with Gasteiger partial charge in [0.1, 0.15) is 0 Å². The number of fused-ring (bicyclic) bond motifs is 1.